The molecule has 1 amide bonds. The number of thiophene rings is 1. The van der Waals surface area contributed by atoms with E-state index >= 15 is 0 Å². The first-order chi connectivity index (χ1) is 12.7. The van der Waals surface area contributed by atoms with Crippen molar-refractivity contribution in [2.24, 2.45) is 5.92 Å². The van der Waals surface area contributed by atoms with E-state index in [-0.39, 0.29) is 35.1 Å². The minimum Gasteiger partial charge on any atom is -0.338 e. The number of rotatable bonds is 6. The summed E-state index contributed by atoms with van der Waals surface area (Å²) in [4.78, 5) is 25.6. The van der Waals surface area contributed by atoms with Crippen LogP contribution >= 0.6 is 23.1 Å². The van der Waals surface area contributed by atoms with Crippen molar-refractivity contribution in [2.75, 3.05) is 23.8 Å². The van der Waals surface area contributed by atoms with Gasteiger partial charge in [-0.05, 0) is 31.7 Å². The molecule has 3 rings (SSSR count). The Morgan fingerprint density at radius 2 is 2.11 bits per heavy atom. The van der Waals surface area contributed by atoms with Crippen LogP contribution in [0.3, 0.4) is 0 Å². The highest BCUT2D eigenvalue weighted by molar-refractivity contribution is 8.00. The van der Waals surface area contributed by atoms with E-state index in [9.17, 15) is 13.2 Å². The number of thioether (sulfide) groups is 1. The Morgan fingerprint density at radius 3 is 2.74 bits per heavy atom. The average Bonchev–Trinajstić information content (AvgIpc) is 3.10. The van der Waals surface area contributed by atoms with E-state index in [2.05, 4.69) is 23.8 Å². The zero-order chi connectivity index (χ0) is 19.8. The lowest BCUT2D eigenvalue weighted by Crippen LogP contribution is -2.44. The van der Waals surface area contributed by atoms with Crippen molar-refractivity contribution in [1.29, 1.82) is 0 Å². The number of carbonyl (C=O) groups excluding carboxylic acids is 1. The molecule has 148 valence electrons. The van der Waals surface area contributed by atoms with Crippen LogP contribution in [-0.4, -0.2) is 59.0 Å². The second kappa shape index (κ2) is 8.05. The fourth-order valence-corrected chi connectivity index (χ4v) is 7.08. The van der Waals surface area contributed by atoms with E-state index in [0.717, 1.165) is 20.8 Å². The number of carbonyl (C=O) groups is 1. The summed E-state index contributed by atoms with van der Waals surface area (Å²) >= 11 is 3.05. The third-order valence-electron chi connectivity index (χ3n) is 4.79. The molecule has 0 saturated carbocycles. The third-order valence-corrected chi connectivity index (χ3v) is 8.63. The lowest BCUT2D eigenvalue weighted by atomic mass is 10.1. The molecule has 0 radical (unpaired) electrons. The first kappa shape index (κ1) is 20.5. The van der Waals surface area contributed by atoms with Crippen molar-refractivity contribution in [3.63, 3.8) is 0 Å². The molecule has 27 heavy (non-hydrogen) atoms. The minimum atomic E-state index is -3.03. The standard InChI is InChI=1S/C18H25N3O3S3/c1-11(2)7-21(14-5-6-27(23,24)9-14)15(22)8-25-17-16-12(3)13(4)26-18(16)20-10-19-17/h10-11,14H,5-9H2,1-4H3. The Kier molecular flexibility index (Phi) is 6.12. The maximum absolute atomic E-state index is 12.9. The Morgan fingerprint density at radius 1 is 1.37 bits per heavy atom. The van der Waals surface area contributed by atoms with Gasteiger partial charge in [0.2, 0.25) is 5.91 Å². The van der Waals surface area contributed by atoms with Gasteiger partial charge in [-0.15, -0.1) is 11.3 Å². The SMILES string of the molecule is Cc1sc2ncnc(SCC(=O)N(CC(C)C)C3CCS(=O)(=O)C3)c2c1C. The van der Waals surface area contributed by atoms with E-state index in [4.69, 9.17) is 0 Å². The summed E-state index contributed by atoms with van der Waals surface area (Å²) in [6.07, 6.45) is 2.08. The van der Waals surface area contributed by atoms with Crippen LogP contribution in [-0.2, 0) is 14.6 Å². The summed E-state index contributed by atoms with van der Waals surface area (Å²) in [5, 5.41) is 1.84. The molecule has 1 unspecified atom stereocenters. The smallest absolute Gasteiger partial charge is 0.233 e. The molecule has 0 aliphatic carbocycles. The predicted molar refractivity (Wildman–Crippen MR) is 111 cm³/mol. The van der Waals surface area contributed by atoms with Gasteiger partial charge in [-0.3, -0.25) is 4.79 Å². The number of sulfone groups is 1. The van der Waals surface area contributed by atoms with Crippen LogP contribution in [0.25, 0.3) is 10.2 Å². The van der Waals surface area contributed by atoms with Gasteiger partial charge in [0.1, 0.15) is 16.2 Å². The number of nitrogens with zero attached hydrogens (tertiary/aromatic N) is 3. The summed E-state index contributed by atoms with van der Waals surface area (Å²) in [5.41, 5.74) is 1.16. The van der Waals surface area contributed by atoms with Crippen LogP contribution in [0.5, 0.6) is 0 Å². The predicted octanol–water partition coefficient (Wildman–Crippen LogP) is 3.07. The first-order valence-corrected chi connectivity index (χ1v) is 12.6. The molecule has 0 aromatic carbocycles. The average molecular weight is 428 g/mol. The molecule has 2 aromatic heterocycles. The van der Waals surface area contributed by atoms with Gasteiger partial charge in [0.05, 0.1) is 17.3 Å². The van der Waals surface area contributed by atoms with Gasteiger partial charge in [-0.2, -0.15) is 0 Å². The monoisotopic (exact) mass is 427 g/mol. The maximum Gasteiger partial charge on any atom is 0.233 e. The van der Waals surface area contributed by atoms with Crippen LogP contribution in [0.15, 0.2) is 11.4 Å². The molecule has 1 fully saturated rings. The van der Waals surface area contributed by atoms with E-state index in [1.165, 1.54) is 16.6 Å². The summed E-state index contributed by atoms with van der Waals surface area (Å²) in [6.45, 7) is 8.78. The van der Waals surface area contributed by atoms with Gasteiger partial charge >= 0.3 is 0 Å². The Balaban J connectivity index is 1.77. The van der Waals surface area contributed by atoms with Crippen LogP contribution in [0.1, 0.15) is 30.7 Å². The van der Waals surface area contributed by atoms with Crippen molar-refractivity contribution in [2.45, 2.75) is 45.2 Å². The molecule has 0 bridgehead atoms. The van der Waals surface area contributed by atoms with Gasteiger partial charge in [0, 0.05) is 22.8 Å². The summed E-state index contributed by atoms with van der Waals surface area (Å²) < 4.78 is 23.7. The normalized spacial score (nSPS) is 19.1. The van der Waals surface area contributed by atoms with Gasteiger partial charge < -0.3 is 4.90 Å². The number of hydrogen-bond acceptors (Lipinski definition) is 7. The largest absolute Gasteiger partial charge is 0.338 e. The van der Waals surface area contributed by atoms with Crippen LogP contribution in [0.2, 0.25) is 0 Å². The number of aryl methyl sites for hydroxylation is 2. The lowest BCUT2D eigenvalue weighted by molar-refractivity contribution is -0.130. The number of aromatic nitrogens is 2. The highest BCUT2D eigenvalue weighted by Gasteiger charge is 2.34. The highest BCUT2D eigenvalue weighted by Crippen LogP contribution is 2.34. The molecule has 2 aromatic rings. The number of amides is 1. The minimum absolute atomic E-state index is 0.0211. The number of fused-ring (bicyclic) bond motifs is 1. The molecule has 1 aliphatic heterocycles. The zero-order valence-corrected chi connectivity index (χ0v) is 18.5. The van der Waals surface area contributed by atoms with Gasteiger partial charge in [-0.1, -0.05) is 25.6 Å². The van der Waals surface area contributed by atoms with Crippen LogP contribution < -0.4 is 0 Å². The van der Waals surface area contributed by atoms with E-state index in [1.807, 2.05) is 13.8 Å². The second-order valence-corrected chi connectivity index (χ2v) is 11.8. The Hall–Kier alpha value is -1.19. The zero-order valence-electron chi connectivity index (χ0n) is 16.1. The molecule has 9 heteroatoms. The fraction of sp³-hybridized carbons (Fsp3) is 0.611. The van der Waals surface area contributed by atoms with Crippen LogP contribution in [0.4, 0.5) is 0 Å². The van der Waals surface area contributed by atoms with E-state index < -0.39 is 9.84 Å². The van der Waals surface area contributed by atoms with Crippen molar-refractivity contribution < 1.29 is 13.2 Å². The fourth-order valence-electron chi connectivity index (χ4n) is 3.34. The van der Waals surface area contributed by atoms with Gasteiger partial charge in [0.15, 0.2) is 9.84 Å². The molecular formula is C18H25N3O3S3. The van der Waals surface area contributed by atoms with Crippen molar-refractivity contribution in [3.8, 4) is 0 Å². The molecule has 1 atom stereocenters. The molecule has 3 heterocycles. The highest BCUT2D eigenvalue weighted by atomic mass is 32.2. The molecule has 6 nitrogen and oxygen atoms in total. The summed E-state index contributed by atoms with van der Waals surface area (Å²) in [7, 11) is -3.03. The second-order valence-electron chi connectivity index (χ2n) is 7.43. The Labute approximate surface area is 168 Å². The quantitative estimate of drug-likeness (QED) is 0.521. The van der Waals surface area contributed by atoms with E-state index in [0.29, 0.717) is 13.0 Å². The van der Waals surface area contributed by atoms with Gasteiger partial charge in [-0.25, -0.2) is 18.4 Å². The topological polar surface area (TPSA) is 80.2 Å². The van der Waals surface area contributed by atoms with Crippen LogP contribution in [0, 0.1) is 19.8 Å². The van der Waals surface area contributed by atoms with Crippen molar-refractivity contribution in [1.82, 2.24) is 14.9 Å². The summed E-state index contributed by atoms with van der Waals surface area (Å²) in [6, 6.07) is -0.207. The lowest BCUT2D eigenvalue weighted by Gasteiger charge is -2.30. The molecule has 1 aliphatic rings. The molecule has 0 N–H and O–H groups in total. The molecular weight excluding hydrogens is 402 g/mol. The maximum atomic E-state index is 12.9. The van der Waals surface area contributed by atoms with Gasteiger partial charge in [0.25, 0.3) is 0 Å². The van der Waals surface area contributed by atoms with Crippen molar-refractivity contribution >= 4 is 49.1 Å². The summed E-state index contributed by atoms with van der Waals surface area (Å²) in [5.74, 6) is 0.773. The Bertz CT molecular complexity index is 953. The third kappa shape index (κ3) is 4.63. The number of hydrogen-bond donors (Lipinski definition) is 0. The molecule has 1 saturated heterocycles. The van der Waals surface area contributed by atoms with E-state index in [1.54, 1.807) is 22.6 Å². The van der Waals surface area contributed by atoms with Crippen molar-refractivity contribution in [3.05, 3.63) is 16.8 Å². The molecule has 0 spiro atoms. The first-order valence-electron chi connectivity index (χ1n) is 9.01.